The summed E-state index contributed by atoms with van der Waals surface area (Å²) in [5.74, 6) is -0.401. The van der Waals surface area contributed by atoms with Gasteiger partial charge in [-0.05, 0) is 34.7 Å². The quantitative estimate of drug-likeness (QED) is 0.756. The molecule has 3 aromatic rings. The number of aromatic carboxylic acids is 1. The average molecular weight is 287 g/mol. The topological polar surface area (TPSA) is 112 Å². The van der Waals surface area contributed by atoms with E-state index >= 15 is 0 Å². The molecule has 0 spiro atoms. The summed E-state index contributed by atoms with van der Waals surface area (Å²) in [7, 11) is 1.45. The summed E-state index contributed by atoms with van der Waals surface area (Å²) in [5, 5.41) is 24.0. The van der Waals surface area contributed by atoms with Gasteiger partial charge in [-0.15, -0.1) is 14.8 Å². The van der Waals surface area contributed by atoms with Crippen molar-refractivity contribution in [3.05, 3.63) is 35.9 Å². The Morgan fingerprint density at radius 2 is 2.14 bits per heavy atom. The highest BCUT2D eigenvalue weighted by Crippen LogP contribution is 2.27. The standard InChI is InChI=1S/C12H9N5O4/c1-20-7-2-3-9(8(6-7)12(18)19)21-11-5-4-10-13-15-16-17(10)14-11/h2-6H,1H3,(H,18,19). The molecule has 9 heteroatoms. The van der Waals surface area contributed by atoms with Crippen LogP contribution in [-0.4, -0.2) is 43.4 Å². The van der Waals surface area contributed by atoms with Crippen LogP contribution in [0.15, 0.2) is 30.3 Å². The van der Waals surface area contributed by atoms with Gasteiger partial charge in [-0.25, -0.2) is 4.79 Å². The van der Waals surface area contributed by atoms with Gasteiger partial charge in [0.05, 0.1) is 7.11 Å². The molecule has 21 heavy (non-hydrogen) atoms. The third-order valence-corrected chi connectivity index (χ3v) is 2.68. The van der Waals surface area contributed by atoms with E-state index in [1.807, 2.05) is 0 Å². The van der Waals surface area contributed by atoms with E-state index in [1.54, 1.807) is 18.2 Å². The molecule has 0 aliphatic heterocycles. The summed E-state index contributed by atoms with van der Waals surface area (Å²) in [6.45, 7) is 0. The number of benzene rings is 1. The van der Waals surface area contributed by atoms with E-state index in [9.17, 15) is 9.90 Å². The zero-order chi connectivity index (χ0) is 14.8. The smallest absolute Gasteiger partial charge is 0.339 e. The molecule has 1 aromatic carbocycles. The first-order chi connectivity index (χ1) is 10.2. The lowest BCUT2D eigenvalue weighted by Crippen LogP contribution is -2.03. The van der Waals surface area contributed by atoms with E-state index in [0.717, 1.165) is 0 Å². The molecule has 2 aromatic heterocycles. The lowest BCUT2D eigenvalue weighted by molar-refractivity contribution is 0.0693. The number of hydrogen-bond donors (Lipinski definition) is 1. The average Bonchev–Trinajstić information content (AvgIpc) is 2.95. The summed E-state index contributed by atoms with van der Waals surface area (Å²) in [5.41, 5.74) is 0.420. The van der Waals surface area contributed by atoms with Gasteiger partial charge in [0.15, 0.2) is 5.65 Å². The minimum Gasteiger partial charge on any atom is -0.497 e. The van der Waals surface area contributed by atoms with Crippen molar-refractivity contribution in [3.8, 4) is 17.4 Å². The zero-order valence-corrected chi connectivity index (χ0v) is 10.8. The molecule has 0 saturated carbocycles. The van der Waals surface area contributed by atoms with Crippen molar-refractivity contribution in [1.29, 1.82) is 0 Å². The Labute approximate surface area is 117 Å². The molecule has 0 saturated heterocycles. The van der Waals surface area contributed by atoms with Crippen molar-refractivity contribution in [2.75, 3.05) is 7.11 Å². The van der Waals surface area contributed by atoms with Crippen molar-refractivity contribution >= 4 is 11.6 Å². The minimum absolute atomic E-state index is 0.0343. The Morgan fingerprint density at radius 3 is 2.90 bits per heavy atom. The van der Waals surface area contributed by atoms with Crippen LogP contribution in [0.4, 0.5) is 0 Å². The third-order valence-electron chi connectivity index (χ3n) is 2.68. The Balaban J connectivity index is 1.98. The van der Waals surface area contributed by atoms with Gasteiger partial charge in [0, 0.05) is 6.07 Å². The second-order valence-corrected chi connectivity index (χ2v) is 3.97. The van der Waals surface area contributed by atoms with Crippen molar-refractivity contribution < 1.29 is 19.4 Å². The first-order valence-electron chi connectivity index (χ1n) is 5.82. The lowest BCUT2D eigenvalue weighted by atomic mass is 10.2. The second kappa shape index (κ2) is 5.04. The molecule has 9 nitrogen and oxygen atoms in total. The van der Waals surface area contributed by atoms with Crippen LogP contribution in [0.5, 0.6) is 17.4 Å². The van der Waals surface area contributed by atoms with Gasteiger partial charge < -0.3 is 14.6 Å². The number of methoxy groups -OCH3 is 1. The monoisotopic (exact) mass is 287 g/mol. The van der Waals surface area contributed by atoms with Crippen LogP contribution in [0.3, 0.4) is 0 Å². The van der Waals surface area contributed by atoms with Gasteiger partial charge >= 0.3 is 5.97 Å². The van der Waals surface area contributed by atoms with Gasteiger partial charge in [-0.3, -0.25) is 0 Å². The fourth-order valence-corrected chi connectivity index (χ4v) is 1.69. The van der Waals surface area contributed by atoms with Gasteiger partial charge in [0.2, 0.25) is 5.88 Å². The van der Waals surface area contributed by atoms with E-state index in [4.69, 9.17) is 9.47 Å². The van der Waals surface area contributed by atoms with E-state index in [-0.39, 0.29) is 17.2 Å². The number of tetrazole rings is 1. The van der Waals surface area contributed by atoms with Crippen molar-refractivity contribution in [2.45, 2.75) is 0 Å². The summed E-state index contributed by atoms with van der Waals surface area (Å²) in [4.78, 5) is 11.3. The third kappa shape index (κ3) is 2.43. The van der Waals surface area contributed by atoms with Crippen molar-refractivity contribution in [2.24, 2.45) is 0 Å². The number of hydrogen-bond acceptors (Lipinski definition) is 7. The van der Waals surface area contributed by atoms with E-state index in [0.29, 0.717) is 11.4 Å². The maximum atomic E-state index is 11.3. The molecule has 0 aliphatic rings. The zero-order valence-electron chi connectivity index (χ0n) is 10.8. The molecule has 2 heterocycles. The highest BCUT2D eigenvalue weighted by atomic mass is 16.5. The van der Waals surface area contributed by atoms with Crippen LogP contribution >= 0.6 is 0 Å². The first-order valence-corrected chi connectivity index (χ1v) is 5.82. The molecule has 0 radical (unpaired) electrons. The minimum atomic E-state index is -1.13. The predicted octanol–water partition coefficient (Wildman–Crippen LogP) is 1.02. The summed E-state index contributed by atoms with van der Waals surface area (Å²) >= 11 is 0. The van der Waals surface area contributed by atoms with Crippen molar-refractivity contribution in [1.82, 2.24) is 25.3 Å². The second-order valence-electron chi connectivity index (χ2n) is 3.97. The van der Waals surface area contributed by atoms with E-state index in [2.05, 4.69) is 20.6 Å². The number of carboxylic acids is 1. The normalized spacial score (nSPS) is 10.5. The molecular formula is C12H9N5O4. The maximum absolute atomic E-state index is 11.3. The fourth-order valence-electron chi connectivity index (χ4n) is 1.69. The Hall–Kier alpha value is -3.23. The molecule has 106 valence electrons. The number of ether oxygens (including phenoxy) is 2. The molecule has 0 fully saturated rings. The molecule has 3 rings (SSSR count). The van der Waals surface area contributed by atoms with Gasteiger partial charge in [-0.2, -0.15) is 0 Å². The lowest BCUT2D eigenvalue weighted by Gasteiger charge is -2.09. The maximum Gasteiger partial charge on any atom is 0.339 e. The van der Waals surface area contributed by atoms with Crippen LogP contribution in [0.2, 0.25) is 0 Å². The van der Waals surface area contributed by atoms with Crippen LogP contribution in [-0.2, 0) is 0 Å². The number of fused-ring (bicyclic) bond motifs is 1. The van der Waals surface area contributed by atoms with Crippen LogP contribution in [0.25, 0.3) is 5.65 Å². The van der Waals surface area contributed by atoms with Gasteiger partial charge in [0.1, 0.15) is 17.1 Å². The highest BCUT2D eigenvalue weighted by molar-refractivity contribution is 5.91. The first kappa shape index (κ1) is 12.8. The Kier molecular flexibility index (Phi) is 3.07. The van der Waals surface area contributed by atoms with Crippen LogP contribution < -0.4 is 9.47 Å². The number of aromatic nitrogens is 5. The molecule has 0 unspecified atom stereocenters. The van der Waals surface area contributed by atoms with Gasteiger partial charge in [-0.1, -0.05) is 0 Å². The molecule has 0 atom stereocenters. The van der Waals surface area contributed by atoms with Crippen LogP contribution in [0.1, 0.15) is 10.4 Å². The van der Waals surface area contributed by atoms with Crippen molar-refractivity contribution in [3.63, 3.8) is 0 Å². The molecule has 0 aliphatic carbocycles. The van der Waals surface area contributed by atoms with Gasteiger partial charge in [0.25, 0.3) is 0 Å². The fraction of sp³-hybridized carbons (Fsp3) is 0.0833. The number of carboxylic acid groups (broad SMARTS) is 1. The van der Waals surface area contributed by atoms with Crippen LogP contribution in [0, 0.1) is 0 Å². The summed E-state index contributed by atoms with van der Waals surface area (Å²) < 4.78 is 11.7. The van der Waals surface area contributed by atoms with E-state index in [1.165, 1.54) is 23.9 Å². The summed E-state index contributed by atoms with van der Waals surface area (Å²) in [6.07, 6.45) is 0. The largest absolute Gasteiger partial charge is 0.497 e. The number of carbonyl (C=O) groups is 1. The molecule has 0 amide bonds. The SMILES string of the molecule is COc1ccc(Oc2ccc3nnnn3n2)c(C(=O)O)c1. The molecular weight excluding hydrogens is 278 g/mol. The Morgan fingerprint density at radius 1 is 1.29 bits per heavy atom. The number of nitrogens with zero attached hydrogens (tertiary/aromatic N) is 5. The van der Waals surface area contributed by atoms with E-state index < -0.39 is 5.97 Å². The molecule has 1 N–H and O–H groups in total. The molecule has 0 bridgehead atoms. The predicted molar refractivity (Wildman–Crippen MR) is 68.6 cm³/mol. The number of rotatable bonds is 4. The highest BCUT2D eigenvalue weighted by Gasteiger charge is 2.14. The summed E-state index contributed by atoms with van der Waals surface area (Å²) in [6, 6.07) is 7.60. The Bertz CT molecular complexity index is 816.